The summed E-state index contributed by atoms with van der Waals surface area (Å²) in [5.41, 5.74) is -6.74. The van der Waals surface area contributed by atoms with Gasteiger partial charge in [0.2, 0.25) is 0 Å². The Morgan fingerprint density at radius 2 is 1.47 bits per heavy atom. The summed E-state index contributed by atoms with van der Waals surface area (Å²) in [5, 5.41) is 20.9. The average molecular weight is 506 g/mol. The summed E-state index contributed by atoms with van der Waals surface area (Å²) in [6, 6.07) is 10.2. The summed E-state index contributed by atoms with van der Waals surface area (Å²) < 4.78 is 96.8. The van der Waals surface area contributed by atoms with Crippen LogP contribution in [-0.4, -0.2) is 27.7 Å². The number of alkyl halides is 6. The Balaban J connectivity index is 2.45. The van der Waals surface area contributed by atoms with Crippen LogP contribution in [-0.2, 0) is 4.57 Å². The summed E-state index contributed by atoms with van der Waals surface area (Å²) in [6.45, 7) is 0. The van der Waals surface area contributed by atoms with E-state index in [2.05, 4.69) is 0 Å². The molecule has 2 unspecified atom stereocenters. The van der Waals surface area contributed by atoms with Crippen molar-refractivity contribution in [1.82, 2.24) is 0 Å². The van der Waals surface area contributed by atoms with Gasteiger partial charge in [-0.2, -0.15) is 26.3 Å². The molecule has 0 heterocycles. The molecule has 0 saturated heterocycles. The van der Waals surface area contributed by atoms with E-state index < -0.39 is 63.2 Å². The van der Waals surface area contributed by atoms with Crippen molar-refractivity contribution >= 4 is 23.4 Å². The number of hydrogen-bond acceptors (Lipinski definition) is 5. The number of rotatable bonds is 5. The van der Waals surface area contributed by atoms with Gasteiger partial charge >= 0.3 is 17.9 Å². The molecule has 0 radical (unpaired) electrons. The molecule has 2 aromatic rings. The van der Waals surface area contributed by atoms with Crippen LogP contribution in [0.15, 0.2) is 77.6 Å². The van der Waals surface area contributed by atoms with Gasteiger partial charge in [0.1, 0.15) is 0 Å². The van der Waals surface area contributed by atoms with Crippen molar-refractivity contribution in [2.24, 2.45) is 0 Å². The molecule has 7 nitrogen and oxygen atoms in total. The molecule has 3 rings (SSSR count). The first-order valence-corrected chi connectivity index (χ1v) is 11.0. The number of allylic oxidation sites excluding steroid dienone is 2. The lowest BCUT2D eigenvalue weighted by molar-refractivity contribution is -0.597. The lowest BCUT2D eigenvalue weighted by Gasteiger charge is -2.32. The summed E-state index contributed by atoms with van der Waals surface area (Å²) >= 11 is 0. The van der Waals surface area contributed by atoms with Crippen LogP contribution in [0.3, 0.4) is 0 Å². The standard InChI is InChI=1S/C20H13F6N2O5P/c21-19(22,23)13-9-17(12-18(11-13,28(31)32)20(24,25)26)34(33,15-6-2-1-3-7-15)16-8-4-5-14(10-16)27(29)30/h1-10,12H,11H2. The monoisotopic (exact) mass is 506 g/mol. The Morgan fingerprint density at radius 3 is 1.97 bits per heavy atom. The fourth-order valence-electron chi connectivity index (χ4n) is 3.51. The van der Waals surface area contributed by atoms with Crippen molar-refractivity contribution in [3.05, 3.63) is 97.9 Å². The molecule has 0 N–H and O–H groups in total. The molecule has 1 aliphatic rings. The zero-order chi connectivity index (χ0) is 25.5. The molecule has 180 valence electrons. The van der Waals surface area contributed by atoms with E-state index in [1.807, 2.05) is 0 Å². The molecule has 0 aromatic heterocycles. The third-order valence-corrected chi connectivity index (χ3v) is 8.25. The number of nitro groups is 2. The lowest BCUT2D eigenvalue weighted by atomic mass is 9.86. The van der Waals surface area contributed by atoms with Gasteiger partial charge in [-0.25, -0.2) is 0 Å². The molecule has 0 fully saturated rings. The second kappa shape index (κ2) is 8.39. The topological polar surface area (TPSA) is 103 Å². The van der Waals surface area contributed by atoms with Crippen molar-refractivity contribution in [2.45, 2.75) is 24.3 Å². The SMILES string of the molecule is O=[N+]([O-])c1cccc(P(=O)(C2=CC([N+](=O)[O-])(C(F)(F)F)CC(C(F)(F)F)=C2)c2ccccc2)c1. The highest BCUT2D eigenvalue weighted by Gasteiger charge is 2.68. The van der Waals surface area contributed by atoms with Crippen LogP contribution >= 0.6 is 7.14 Å². The first-order chi connectivity index (χ1) is 15.6. The predicted molar refractivity (Wildman–Crippen MR) is 109 cm³/mol. The maximum Gasteiger partial charge on any atom is 0.465 e. The Labute approximate surface area is 187 Å². The van der Waals surface area contributed by atoms with Gasteiger partial charge in [0.25, 0.3) is 5.69 Å². The average Bonchev–Trinajstić information content (AvgIpc) is 2.77. The van der Waals surface area contributed by atoms with Gasteiger partial charge in [-0.1, -0.05) is 42.5 Å². The number of non-ortho nitro benzene ring substituents is 1. The van der Waals surface area contributed by atoms with Gasteiger partial charge in [-0.15, -0.1) is 0 Å². The lowest BCUT2D eigenvalue weighted by Crippen LogP contribution is -2.52. The molecule has 2 atom stereocenters. The zero-order valence-corrected chi connectivity index (χ0v) is 17.6. The van der Waals surface area contributed by atoms with Crippen molar-refractivity contribution in [1.29, 1.82) is 0 Å². The normalized spacial score (nSPS) is 20.6. The van der Waals surface area contributed by atoms with E-state index in [0.717, 1.165) is 36.4 Å². The van der Waals surface area contributed by atoms with E-state index in [0.29, 0.717) is 0 Å². The fraction of sp³-hybridized carbons (Fsp3) is 0.200. The predicted octanol–water partition coefficient (Wildman–Crippen LogP) is 5.26. The Hall–Kier alpha value is -3.47. The van der Waals surface area contributed by atoms with Crippen LogP contribution in [0.25, 0.3) is 0 Å². The van der Waals surface area contributed by atoms with Gasteiger partial charge in [0, 0.05) is 44.6 Å². The van der Waals surface area contributed by atoms with E-state index in [-0.39, 0.29) is 17.5 Å². The molecular formula is C20H13F6N2O5P. The second-order valence-corrected chi connectivity index (χ2v) is 10.1. The maximum absolute atomic E-state index is 14.4. The highest BCUT2D eigenvalue weighted by Crippen LogP contribution is 2.58. The summed E-state index contributed by atoms with van der Waals surface area (Å²) in [4.78, 5) is 20.0. The van der Waals surface area contributed by atoms with Crippen molar-refractivity contribution in [2.75, 3.05) is 0 Å². The summed E-state index contributed by atoms with van der Waals surface area (Å²) in [6.07, 6.45) is -13.1. The van der Waals surface area contributed by atoms with Crippen LogP contribution in [0, 0.1) is 20.2 Å². The van der Waals surface area contributed by atoms with Gasteiger partial charge in [0.05, 0.1) is 11.3 Å². The fourth-order valence-corrected chi connectivity index (χ4v) is 6.34. The molecule has 0 spiro atoms. The van der Waals surface area contributed by atoms with Gasteiger partial charge in [-0.3, -0.25) is 20.2 Å². The molecule has 0 bridgehead atoms. The molecule has 14 heteroatoms. The molecular weight excluding hydrogens is 493 g/mol. The minimum atomic E-state index is -5.78. The van der Waals surface area contributed by atoms with Crippen LogP contribution in [0.4, 0.5) is 32.0 Å². The molecule has 0 aliphatic heterocycles. The number of nitrogens with zero attached hydrogens (tertiary/aromatic N) is 2. The van der Waals surface area contributed by atoms with E-state index in [1.165, 1.54) is 18.2 Å². The first-order valence-electron chi connectivity index (χ1n) is 9.26. The number of hydrogen-bond donors (Lipinski definition) is 0. The highest BCUT2D eigenvalue weighted by molar-refractivity contribution is 7.82. The van der Waals surface area contributed by atoms with Crippen molar-refractivity contribution < 1.29 is 40.8 Å². The Morgan fingerprint density at radius 1 is 0.882 bits per heavy atom. The quantitative estimate of drug-likeness (QED) is 0.238. The first kappa shape index (κ1) is 25.2. The van der Waals surface area contributed by atoms with Crippen LogP contribution in [0.2, 0.25) is 0 Å². The highest BCUT2D eigenvalue weighted by atomic mass is 31.2. The molecule has 2 aromatic carbocycles. The van der Waals surface area contributed by atoms with Gasteiger partial charge < -0.3 is 4.57 Å². The molecule has 0 amide bonds. The summed E-state index contributed by atoms with van der Waals surface area (Å²) in [7, 11) is -4.69. The zero-order valence-electron chi connectivity index (χ0n) is 16.7. The minimum Gasteiger partial charge on any atom is -0.309 e. The van der Waals surface area contributed by atoms with E-state index in [9.17, 15) is 51.1 Å². The number of nitro benzene ring substituents is 1. The van der Waals surface area contributed by atoms with Crippen LogP contribution in [0.5, 0.6) is 0 Å². The maximum atomic E-state index is 14.4. The third-order valence-electron chi connectivity index (χ3n) is 5.24. The smallest absolute Gasteiger partial charge is 0.309 e. The third kappa shape index (κ3) is 4.23. The van der Waals surface area contributed by atoms with E-state index in [1.54, 1.807) is 0 Å². The molecule has 0 saturated carbocycles. The van der Waals surface area contributed by atoms with Crippen molar-refractivity contribution in [3.63, 3.8) is 0 Å². The van der Waals surface area contributed by atoms with Gasteiger partial charge in [-0.05, 0) is 6.08 Å². The van der Waals surface area contributed by atoms with Gasteiger partial charge in [0.15, 0.2) is 7.14 Å². The molecule has 1 aliphatic carbocycles. The minimum absolute atomic E-state index is 0.0746. The number of benzene rings is 2. The van der Waals surface area contributed by atoms with Crippen molar-refractivity contribution in [3.8, 4) is 0 Å². The van der Waals surface area contributed by atoms with Crippen LogP contribution in [0.1, 0.15) is 6.42 Å². The largest absolute Gasteiger partial charge is 0.465 e. The summed E-state index contributed by atoms with van der Waals surface area (Å²) in [5.74, 6) is 0. The van der Waals surface area contributed by atoms with Crippen LogP contribution < -0.4 is 10.6 Å². The second-order valence-electron chi connectivity index (χ2n) is 7.31. The molecule has 34 heavy (non-hydrogen) atoms. The Kier molecular flexibility index (Phi) is 6.21. The Bertz CT molecular complexity index is 1260. The van der Waals surface area contributed by atoms with E-state index in [4.69, 9.17) is 0 Å². The number of halogens is 6. The van der Waals surface area contributed by atoms with E-state index >= 15 is 0 Å².